The zero-order valence-corrected chi connectivity index (χ0v) is 8.14. The van der Waals surface area contributed by atoms with Crippen LogP contribution in [0.15, 0.2) is 18.2 Å². The molecule has 0 aromatic heterocycles. The predicted molar refractivity (Wildman–Crippen MR) is 53.4 cm³/mol. The van der Waals surface area contributed by atoms with Crippen molar-refractivity contribution >= 4 is 5.78 Å². The van der Waals surface area contributed by atoms with Gasteiger partial charge in [0.15, 0.2) is 11.5 Å². The average Bonchev–Trinajstić information content (AvgIpc) is 2.20. The van der Waals surface area contributed by atoms with Crippen molar-refractivity contribution in [3.63, 3.8) is 0 Å². The minimum absolute atomic E-state index is 0.0644. The Morgan fingerprint density at radius 3 is 2.53 bits per heavy atom. The molecule has 0 fully saturated rings. The van der Waals surface area contributed by atoms with E-state index in [1.165, 1.54) is 6.07 Å². The van der Waals surface area contributed by atoms with Crippen molar-refractivity contribution in [1.82, 2.24) is 0 Å². The van der Waals surface area contributed by atoms with Crippen molar-refractivity contribution in [1.29, 1.82) is 0 Å². The van der Waals surface area contributed by atoms with E-state index in [-0.39, 0.29) is 11.3 Å². The number of hydrogen-bond acceptors (Lipinski definition) is 5. The lowest BCUT2D eigenvalue weighted by Crippen LogP contribution is -2.35. The van der Waals surface area contributed by atoms with Gasteiger partial charge in [-0.25, -0.2) is 0 Å². The van der Waals surface area contributed by atoms with Crippen LogP contribution in [0.2, 0.25) is 0 Å². The van der Waals surface area contributed by atoms with Crippen LogP contribution in [0.5, 0.6) is 11.5 Å². The molecule has 0 saturated heterocycles. The lowest BCUT2D eigenvalue weighted by molar-refractivity contribution is -0.120. The fraction of sp³-hybridized carbons (Fsp3) is 0.300. The van der Waals surface area contributed by atoms with Crippen LogP contribution in [0, 0.1) is 0 Å². The summed E-state index contributed by atoms with van der Waals surface area (Å²) in [6.07, 6.45) is -2.34. The molecule has 0 heterocycles. The van der Waals surface area contributed by atoms with E-state index in [1.807, 2.05) is 0 Å². The summed E-state index contributed by atoms with van der Waals surface area (Å²) in [6.45, 7) is 1.16. The Morgan fingerprint density at radius 2 is 2.07 bits per heavy atom. The Kier molecular flexibility index (Phi) is 2.84. The zero-order valence-electron chi connectivity index (χ0n) is 9.14. The molecule has 5 N–H and O–H groups in total. The number of aromatic hydroxyl groups is 2. The fourth-order valence-electron chi connectivity index (χ4n) is 1.05. The van der Waals surface area contributed by atoms with Gasteiger partial charge >= 0.3 is 0 Å². The van der Waals surface area contributed by atoms with Gasteiger partial charge < -0.3 is 21.1 Å². The number of carbonyl (C=O) groups is 1. The largest absolute Gasteiger partial charge is 0.504 e. The maximum absolute atomic E-state index is 11.0. The van der Waals surface area contributed by atoms with E-state index in [9.17, 15) is 15.0 Å². The number of nitrogens with two attached hydrogens (primary N) is 1. The Balaban J connectivity index is 3.16. The lowest BCUT2D eigenvalue weighted by Gasteiger charge is -2.16. The van der Waals surface area contributed by atoms with Crippen LogP contribution in [0.1, 0.15) is 19.9 Å². The second-order valence-electron chi connectivity index (χ2n) is 3.18. The van der Waals surface area contributed by atoms with Crippen molar-refractivity contribution in [2.45, 2.75) is 19.0 Å². The van der Waals surface area contributed by atoms with Gasteiger partial charge in [-0.1, -0.05) is 6.07 Å². The molecule has 0 aliphatic heterocycles. The number of Topliss-reactive ketones (excluding diaryl/α,β-unsaturated/α-hetero) is 1. The lowest BCUT2D eigenvalue weighted by atomic mass is 10.00. The second kappa shape index (κ2) is 4.29. The first-order valence-electron chi connectivity index (χ1n) is 4.77. The highest BCUT2D eigenvalue weighted by molar-refractivity contribution is 5.82. The second-order valence-corrected chi connectivity index (χ2v) is 3.18. The van der Waals surface area contributed by atoms with Crippen LogP contribution in [-0.2, 0) is 4.79 Å². The molecule has 0 amide bonds. The minimum atomic E-state index is -2.34. The highest BCUT2D eigenvalue weighted by Crippen LogP contribution is 2.28. The number of carbonyl (C=O) groups excluding carboxylic acids is 1. The molecule has 15 heavy (non-hydrogen) atoms. The molecule has 1 aromatic carbocycles. The molecular weight excluding hydrogens is 198 g/mol. The molecule has 0 radical (unpaired) electrons. The summed E-state index contributed by atoms with van der Waals surface area (Å²) in [5.41, 5.74) is 5.32. The summed E-state index contributed by atoms with van der Waals surface area (Å²) in [4.78, 5) is 11.0. The molecular formula is C10H13NO4. The summed E-state index contributed by atoms with van der Waals surface area (Å²) in [5.74, 6) is -1.42. The Labute approximate surface area is 88.2 Å². The van der Waals surface area contributed by atoms with Gasteiger partial charge in [-0.05, 0) is 24.6 Å². The third-order valence-electron chi connectivity index (χ3n) is 2.00. The van der Waals surface area contributed by atoms with Gasteiger partial charge in [0, 0.05) is 0 Å². The van der Waals surface area contributed by atoms with Crippen LogP contribution in [-0.4, -0.2) is 27.1 Å². The molecule has 1 rings (SSSR count). The molecule has 82 valence electrons. The molecule has 0 saturated carbocycles. The van der Waals surface area contributed by atoms with Crippen LogP contribution >= 0.6 is 0 Å². The highest BCUT2D eigenvalue weighted by atomic mass is 16.3. The molecule has 5 nitrogen and oxygen atoms in total. The van der Waals surface area contributed by atoms with E-state index in [1.54, 1.807) is 0 Å². The van der Waals surface area contributed by atoms with Gasteiger partial charge in [0.2, 0.25) is 0 Å². The van der Waals surface area contributed by atoms with Crippen molar-refractivity contribution in [2.75, 3.05) is 0 Å². The maximum atomic E-state index is 11.0. The standard InChI is InChI=1S/C10H13NO4/c1-5(12)9(11)10(15)6-2-3-7(13)8(14)4-6/h2-4,9-10,13-15H,11H2,1H3/t9-,10-/m0/s1/i10D. The molecule has 0 spiro atoms. The number of ketones is 1. The zero-order chi connectivity index (χ0) is 12.5. The molecule has 5 heteroatoms. The average molecular weight is 212 g/mol. The first-order valence-corrected chi connectivity index (χ1v) is 4.27. The van der Waals surface area contributed by atoms with Gasteiger partial charge in [-0.15, -0.1) is 0 Å². The predicted octanol–water partition coefficient (Wildman–Crippen LogP) is 0.0475. The molecule has 2 atom stereocenters. The number of aliphatic hydroxyl groups is 1. The Bertz CT molecular complexity index is 419. The summed E-state index contributed by atoms with van der Waals surface area (Å²) in [7, 11) is 0. The first kappa shape index (κ1) is 9.95. The van der Waals surface area contributed by atoms with Crippen molar-refractivity contribution in [3.8, 4) is 11.5 Å². The van der Waals surface area contributed by atoms with E-state index in [4.69, 9.17) is 12.2 Å². The Morgan fingerprint density at radius 1 is 1.47 bits per heavy atom. The molecule has 0 aliphatic rings. The molecule has 0 aliphatic carbocycles. The number of hydrogen-bond donors (Lipinski definition) is 4. The van der Waals surface area contributed by atoms with Gasteiger partial charge in [-0.2, -0.15) is 0 Å². The van der Waals surface area contributed by atoms with E-state index in [0.717, 1.165) is 19.1 Å². The normalized spacial score (nSPS) is 17.7. The van der Waals surface area contributed by atoms with Crippen LogP contribution in [0.25, 0.3) is 0 Å². The Hall–Kier alpha value is -1.59. The van der Waals surface area contributed by atoms with Crippen molar-refractivity contribution in [3.05, 3.63) is 23.8 Å². The summed E-state index contributed by atoms with van der Waals surface area (Å²) >= 11 is 0. The maximum Gasteiger partial charge on any atom is 0.157 e. The first-order chi connectivity index (χ1) is 7.26. The highest BCUT2D eigenvalue weighted by Gasteiger charge is 2.21. The van der Waals surface area contributed by atoms with E-state index in [0.29, 0.717) is 0 Å². The van der Waals surface area contributed by atoms with Crippen LogP contribution in [0.4, 0.5) is 0 Å². The van der Waals surface area contributed by atoms with Crippen LogP contribution < -0.4 is 5.73 Å². The van der Waals surface area contributed by atoms with E-state index >= 15 is 0 Å². The number of benzene rings is 1. The number of phenols is 2. The topological polar surface area (TPSA) is 104 Å². The van der Waals surface area contributed by atoms with Crippen molar-refractivity contribution in [2.24, 2.45) is 5.73 Å². The summed E-state index contributed by atoms with van der Waals surface area (Å²) in [6, 6.07) is 1.89. The van der Waals surface area contributed by atoms with Gasteiger partial charge in [0.25, 0.3) is 0 Å². The minimum Gasteiger partial charge on any atom is -0.504 e. The molecule has 0 bridgehead atoms. The monoisotopic (exact) mass is 212 g/mol. The fourth-order valence-corrected chi connectivity index (χ4v) is 1.05. The summed E-state index contributed by atoms with van der Waals surface area (Å²) < 4.78 is 7.59. The van der Waals surface area contributed by atoms with Crippen molar-refractivity contribution < 1.29 is 21.5 Å². The van der Waals surface area contributed by atoms with Gasteiger partial charge in [0.05, 0.1) is 7.41 Å². The molecule has 0 unspecified atom stereocenters. The summed E-state index contributed by atoms with van der Waals surface area (Å²) in [5, 5.41) is 28.0. The van der Waals surface area contributed by atoms with E-state index in [2.05, 4.69) is 0 Å². The smallest absolute Gasteiger partial charge is 0.157 e. The van der Waals surface area contributed by atoms with E-state index < -0.39 is 23.7 Å². The number of phenolic OH excluding ortho intramolecular Hbond substituents is 2. The third kappa shape index (κ3) is 2.45. The van der Waals surface area contributed by atoms with Gasteiger partial charge in [-0.3, -0.25) is 4.79 Å². The quantitative estimate of drug-likeness (QED) is 0.530. The van der Waals surface area contributed by atoms with Crippen LogP contribution in [0.3, 0.4) is 0 Å². The number of rotatable bonds is 3. The van der Waals surface area contributed by atoms with Gasteiger partial charge in [0.1, 0.15) is 11.9 Å². The molecule has 1 aromatic rings. The third-order valence-corrected chi connectivity index (χ3v) is 2.00. The SMILES string of the molecule is [2H][C@](O)(c1ccc(O)c(O)c1)[C@@H](N)C(C)=O.